The third-order valence-electron chi connectivity index (χ3n) is 4.38. The van der Waals surface area contributed by atoms with Gasteiger partial charge in [0.05, 0.1) is 0 Å². The largest absolute Gasteiger partial charge is 0.304 e. The first-order chi connectivity index (χ1) is 10.8. The topological polar surface area (TPSA) is 32.3 Å². The number of nitrogens with zero attached hydrogens (tertiary/aromatic N) is 4. The van der Waals surface area contributed by atoms with Gasteiger partial charge in [0.15, 0.2) is 0 Å². The number of likely N-dealkylation sites (N-methyl/N-ethyl adjacent to an activating group) is 1. The lowest BCUT2D eigenvalue weighted by molar-refractivity contribution is 0.153. The molecular weight excluding hydrogens is 272 g/mol. The quantitative estimate of drug-likeness (QED) is 0.847. The van der Waals surface area contributed by atoms with Gasteiger partial charge >= 0.3 is 0 Å². The van der Waals surface area contributed by atoms with Crippen molar-refractivity contribution in [2.75, 3.05) is 39.8 Å². The van der Waals surface area contributed by atoms with Crippen molar-refractivity contribution in [3.05, 3.63) is 48.5 Å². The van der Waals surface area contributed by atoms with Crippen LogP contribution < -0.4 is 0 Å². The van der Waals surface area contributed by atoms with Gasteiger partial charge in [0.2, 0.25) is 0 Å². The molecule has 116 valence electrons. The van der Waals surface area contributed by atoms with Gasteiger partial charge in [-0.2, -0.15) is 0 Å². The predicted octanol–water partition coefficient (Wildman–Crippen LogP) is 2.32. The van der Waals surface area contributed by atoms with E-state index in [9.17, 15) is 0 Å². The fourth-order valence-corrected chi connectivity index (χ4v) is 2.89. The van der Waals surface area contributed by atoms with Gasteiger partial charge in [0.25, 0.3) is 0 Å². The Morgan fingerprint density at radius 3 is 2.27 bits per heavy atom. The number of piperazine rings is 1. The van der Waals surface area contributed by atoms with Crippen LogP contribution in [0.3, 0.4) is 0 Å². The Kier molecular flexibility index (Phi) is 5.14. The minimum atomic E-state index is 1.08. The number of aromatic nitrogens is 2. The minimum Gasteiger partial charge on any atom is -0.304 e. The highest BCUT2D eigenvalue weighted by Gasteiger charge is 2.12. The molecule has 3 rings (SSSR count). The lowest BCUT2D eigenvalue weighted by Gasteiger charge is -2.32. The Morgan fingerprint density at radius 2 is 1.59 bits per heavy atom. The molecule has 4 nitrogen and oxygen atoms in total. The summed E-state index contributed by atoms with van der Waals surface area (Å²) < 4.78 is 0. The standard InChI is InChI=1S/C18H24N4/c1-21-9-11-22(12-10-21)8-2-3-16-4-6-17(7-5-16)18-13-19-15-20-14-18/h4-7,13-15H,2-3,8-12H2,1H3. The van der Waals surface area contributed by atoms with Crippen LogP contribution in [0.15, 0.2) is 43.0 Å². The number of hydrogen-bond donors (Lipinski definition) is 0. The molecule has 0 aliphatic carbocycles. The molecule has 2 heterocycles. The van der Waals surface area contributed by atoms with E-state index in [1.165, 1.54) is 50.3 Å². The highest BCUT2D eigenvalue weighted by molar-refractivity contribution is 5.61. The van der Waals surface area contributed by atoms with Gasteiger partial charge in [-0.05, 0) is 37.6 Å². The Hall–Kier alpha value is -1.78. The summed E-state index contributed by atoms with van der Waals surface area (Å²) in [6, 6.07) is 8.80. The second-order valence-electron chi connectivity index (χ2n) is 6.07. The molecular formula is C18H24N4. The van der Waals surface area contributed by atoms with Crippen LogP contribution >= 0.6 is 0 Å². The van der Waals surface area contributed by atoms with E-state index in [0.717, 1.165) is 12.0 Å². The third-order valence-corrected chi connectivity index (χ3v) is 4.38. The molecule has 0 unspecified atom stereocenters. The van der Waals surface area contributed by atoms with Crippen LogP contribution in [0.25, 0.3) is 11.1 Å². The van der Waals surface area contributed by atoms with E-state index >= 15 is 0 Å². The van der Waals surface area contributed by atoms with Crippen LogP contribution in [-0.2, 0) is 6.42 Å². The maximum absolute atomic E-state index is 4.07. The van der Waals surface area contributed by atoms with Gasteiger partial charge in [-0.3, -0.25) is 0 Å². The van der Waals surface area contributed by atoms with E-state index in [1.807, 2.05) is 12.4 Å². The molecule has 1 aromatic carbocycles. The first-order valence-corrected chi connectivity index (χ1v) is 8.06. The average Bonchev–Trinajstić information content (AvgIpc) is 2.58. The van der Waals surface area contributed by atoms with Crippen molar-refractivity contribution in [2.24, 2.45) is 0 Å². The number of aryl methyl sites for hydroxylation is 1. The molecule has 0 bridgehead atoms. The van der Waals surface area contributed by atoms with Gasteiger partial charge in [0.1, 0.15) is 6.33 Å². The van der Waals surface area contributed by atoms with Crippen molar-refractivity contribution >= 4 is 0 Å². The van der Waals surface area contributed by atoms with Crippen molar-refractivity contribution in [3.63, 3.8) is 0 Å². The van der Waals surface area contributed by atoms with Crippen molar-refractivity contribution in [3.8, 4) is 11.1 Å². The maximum Gasteiger partial charge on any atom is 0.115 e. The summed E-state index contributed by atoms with van der Waals surface area (Å²) in [6.45, 7) is 6.04. The highest BCUT2D eigenvalue weighted by Crippen LogP contribution is 2.18. The molecule has 0 radical (unpaired) electrons. The SMILES string of the molecule is CN1CCN(CCCc2ccc(-c3cncnc3)cc2)CC1. The van der Waals surface area contributed by atoms with Gasteiger partial charge in [-0.15, -0.1) is 0 Å². The van der Waals surface area contributed by atoms with Gasteiger partial charge in [0, 0.05) is 44.1 Å². The second-order valence-corrected chi connectivity index (χ2v) is 6.07. The number of rotatable bonds is 5. The molecule has 4 heteroatoms. The summed E-state index contributed by atoms with van der Waals surface area (Å²) in [5.74, 6) is 0. The van der Waals surface area contributed by atoms with Crippen molar-refractivity contribution in [1.82, 2.24) is 19.8 Å². The van der Waals surface area contributed by atoms with E-state index in [2.05, 4.69) is 51.1 Å². The van der Waals surface area contributed by atoms with Crippen LogP contribution in [0.5, 0.6) is 0 Å². The Balaban J connectivity index is 1.47. The lowest BCUT2D eigenvalue weighted by atomic mass is 10.0. The summed E-state index contributed by atoms with van der Waals surface area (Å²) in [5, 5.41) is 0. The summed E-state index contributed by atoms with van der Waals surface area (Å²) in [4.78, 5) is 13.1. The maximum atomic E-state index is 4.07. The molecule has 22 heavy (non-hydrogen) atoms. The summed E-state index contributed by atoms with van der Waals surface area (Å²) in [7, 11) is 2.21. The molecule has 0 spiro atoms. The summed E-state index contributed by atoms with van der Waals surface area (Å²) >= 11 is 0. The van der Waals surface area contributed by atoms with Gasteiger partial charge in [-0.1, -0.05) is 24.3 Å². The first kappa shape index (κ1) is 15.1. The molecule has 1 aliphatic rings. The van der Waals surface area contributed by atoms with Crippen LogP contribution in [0.4, 0.5) is 0 Å². The van der Waals surface area contributed by atoms with E-state index < -0.39 is 0 Å². The zero-order valence-electron chi connectivity index (χ0n) is 13.3. The first-order valence-electron chi connectivity index (χ1n) is 8.06. The molecule has 1 aromatic heterocycles. The van der Waals surface area contributed by atoms with Crippen LogP contribution in [0.1, 0.15) is 12.0 Å². The molecule has 0 atom stereocenters. The molecule has 0 amide bonds. The minimum absolute atomic E-state index is 1.08. The molecule has 0 saturated carbocycles. The zero-order chi connectivity index (χ0) is 15.2. The number of benzene rings is 1. The highest BCUT2D eigenvalue weighted by atomic mass is 15.2. The molecule has 1 aliphatic heterocycles. The van der Waals surface area contributed by atoms with Crippen molar-refractivity contribution < 1.29 is 0 Å². The third kappa shape index (κ3) is 4.12. The van der Waals surface area contributed by atoms with Crippen molar-refractivity contribution in [1.29, 1.82) is 0 Å². The summed E-state index contributed by atoms with van der Waals surface area (Å²) in [6.07, 6.45) is 7.66. The molecule has 2 aromatic rings. The fourth-order valence-electron chi connectivity index (χ4n) is 2.89. The fraction of sp³-hybridized carbons (Fsp3) is 0.444. The Labute approximate surface area is 132 Å². The van der Waals surface area contributed by atoms with E-state index in [1.54, 1.807) is 6.33 Å². The van der Waals surface area contributed by atoms with Gasteiger partial charge in [-0.25, -0.2) is 9.97 Å². The average molecular weight is 296 g/mol. The van der Waals surface area contributed by atoms with Gasteiger partial charge < -0.3 is 9.80 Å². The van der Waals surface area contributed by atoms with Crippen LogP contribution in [-0.4, -0.2) is 59.5 Å². The van der Waals surface area contributed by atoms with E-state index in [4.69, 9.17) is 0 Å². The zero-order valence-corrected chi connectivity index (χ0v) is 13.3. The Bertz CT molecular complexity index is 559. The second kappa shape index (κ2) is 7.47. The number of hydrogen-bond acceptors (Lipinski definition) is 4. The normalized spacial score (nSPS) is 16.8. The lowest BCUT2D eigenvalue weighted by Crippen LogP contribution is -2.44. The van der Waals surface area contributed by atoms with Crippen molar-refractivity contribution in [2.45, 2.75) is 12.8 Å². The molecule has 1 fully saturated rings. The molecule has 1 saturated heterocycles. The van der Waals surface area contributed by atoms with Crippen LogP contribution in [0, 0.1) is 0 Å². The van der Waals surface area contributed by atoms with E-state index in [-0.39, 0.29) is 0 Å². The van der Waals surface area contributed by atoms with Crippen LogP contribution in [0.2, 0.25) is 0 Å². The predicted molar refractivity (Wildman–Crippen MR) is 89.7 cm³/mol. The monoisotopic (exact) mass is 296 g/mol. The Morgan fingerprint density at radius 1 is 0.909 bits per heavy atom. The molecule has 0 N–H and O–H groups in total. The smallest absolute Gasteiger partial charge is 0.115 e. The van der Waals surface area contributed by atoms with E-state index in [0.29, 0.717) is 0 Å². The summed E-state index contributed by atoms with van der Waals surface area (Å²) in [5.41, 5.74) is 3.67.